The molecule has 0 aliphatic heterocycles. The van der Waals surface area contributed by atoms with Crippen LogP contribution in [0, 0.1) is 0 Å². The van der Waals surface area contributed by atoms with E-state index in [0.717, 1.165) is 0 Å². The second kappa shape index (κ2) is 20.4. The van der Waals surface area contributed by atoms with Crippen LogP contribution in [0.25, 0.3) is 0 Å². The Morgan fingerprint density at radius 1 is 0.197 bits per heavy atom. The van der Waals surface area contributed by atoms with Crippen LogP contribution in [0.5, 0.6) is 0 Å². The Bertz CT molecular complexity index is 1790. The molecule has 0 radical (unpaired) electrons. The number of hydrogen-bond donors (Lipinski definition) is 0. The van der Waals surface area contributed by atoms with Gasteiger partial charge in [-0.25, -0.2) is 17.6 Å². The zero-order chi connectivity index (χ0) is 62.2. The Hall–Kier alpha value is -3.16. The smallest absolute Gasteiger partial charge is 0.375 e. The third-order valence-corrected chi connectivity index (χ3v) is 9.72. The molecule has 458 valence electrons. The van der Waals surface area contributed by atoms with Crippen molar-refractivity contribution in [1.29, 1.82) is 0 Å². The second-order valence-electron chi connectivity index (χ2n) is 15.0. The molecular weight excluding hydrogens is 1230 g/mol. The number of rotatable bonds is 31. The minimum Gasteiger partial charge on any atom is -0.375 e. The normalized spacial score (nSPS) is 16.7. The molecule has 0 saturated heterocycles. The van der Waals surface area contributed by atoms with Crippen LogP contribution in [-0.2, 0) is 9.47 Å². The molecule has 0 saturated carbocycles. The van der Waals surface area contributed by atoms with Crippen LogP contribution in [0.4, 0.5) is 193 Å². The SMILES string of the molecule is FC(F)C(F)(F)C(F)(F)C(F)(F)C(F)(F)C(F)(F)C(F)(F)C(F)(F)C(F)(F)C(F)(F)C(F)(F)COCCCCCCOCC(F)(F)C(F)(F)C(F)(F)C(F)(F)C(F)(F)C(F)(F)C(F)(F)C(F)(F)C(F)(F)C(F)(F)C(F)F. The van der Waals surface area contributed by atoms with Crippen molar-refractivity contribution in [3.05, 3.63) is 0 Å². The summed E-state index contributed by atoms with van der Waals surface area (Å²) in [6.45, 7) is -10.7. The van der Waals surface area contributed by atoms with Gasteiger partial charge in [-0.3, -0.25) is 0 Å². The number of alkyl halides is 44. The highest BCUT2D eigenvalue weighted by Crippen LogP contribution is 2.69. The molecule has 0 aromatic carbocycles. The van der Waals surface area contributed by atoms with Gasteiger partial charge in [0.1, 0.15) is 13.2 Å². The van der Waals surface area contributed by atoms with Gasteiger partial charge in [-0.1, -0.05) is 12.8 Å². The molecule has 0 heterocycles. The van der Waals surface area contributed by atoms with Crippen LogP contribution in [0.15, 0.2) is 0 Å². The monoisotopic (exact) mass is 1250 g/mol. The Labute approximate surface area is 387 Å². The van der Waals surface area contributed by atoms with Crippen molar-refractivity contribution in [2.24, 2.45) is 0 Å². The van der Waals surface area contributed by atoms with Crippen molar-refractivity contribution in [1.82, 2.24) is 0 Å². The van der Waals surface area contributed by atoms with Crippen LogP contribution in [0.1, 0.15) is 25.7 Å². The van der Waals surface area contributed by atoms with Crippen molar-refractivity contribution in [2.75, 3.05) is 26.4 Å². The molecule has 0 N–H and O–H groups in total. The van der Waals surface area contributed by atoms with Crippen molar-refractivity contribution in [2.45, 2.75) is 157 Å². The Balaban J connectivity index is 6.03. The second-order valence-corrected chi connectivity index (χ2v) is 15.0. The average molecular weight is 1250 g/mol. The third-order valence-electron chi connectivity index (χ3n) is 9.72. The van der Waals surface area contributed by atoms with Gasteiger partial charge in [-0.2, -0.15) is 176 Å². The molecule has 0 aromatic heterocycles. The lowest BCUT2D eigenvalue weighted by Gasteiger charge is -2.45. The van der Waals surface area contributed by atoms with Crippen LogP contribution in [-0.4, -0.2) is 158 Å². The maximum Gasteiger partial charge on any atom is 0.385 e. The standard InChI is InChI=1S/C30H18F44O2/c31-9(32)13(39,40)17(47,48)21(55,56)25(63,64)29(71,72)27(67,68)23(59,60)19(51,52)15(43,44)11(35,36)7-75-5-3-1-2-4-6-76-8-12(37,38)16(45,46)20(53,54)24(61,62)28(69,70)30(73,74)26(65,66)22(57,58)18(49,50)14(41,42)10(33)34/h9-10H,1-8H2. The lowest BCUT2D eigenvalue weighted by Crippen LogP contribution is -2.77. The first kappa shape index (κ1) is 72.8. The molecule has 0 spiro atoms. The third kappa shape index (κ3) is 10.0. The molecule has 0 bridgehead atoms. The molecule has 46 heteroatoms. The molecule has 2 nitrogen and oxygen atoms in total. The molecule has 0 rings (SSSR count). The Morgan fingerprint density at radius 3 is 0.500 bits per heavy atom. The van der Waals surface area contributed by atoms with Gasteiger partial charge in [0.25, 0.3) is 0 Å². The van der Waals surface area contributed by atoms with E-state index in [-0.39, 0.29) is 0 Å². The summed E-state index contributed by atoms with van der Waals surface area (Å²) in [7, 11) is 0. The fourth-order valence-electron chi connectivity index (χ4n) is 4.86. The first-order chi connectivity index (χ1) is 32.6. The summed E-state index contributed by atoms with van der Waals surface area (Å²) in [5.41, 5.74) is 0. The van der Waals surface area contributed by atoms with Crippen LogP contribution < -0.4 is 0 Å². The van der Waals surface area contributed by atoms with Gasteiger partial charge >= 0.3 is 131 Å². The molecule has 0 unspecified atom stereocenters. The summed E-state index contributed by atoms with van der Waals surface area (Å²) >= 11 is 0. The van der Waals surface area contributed by atoms with Gasteiger partial charge in [0.15, 0.2) is 0 Å². The number of ether oxygens (including phenoxy) is 2. The molecule has 0 aliphatic carbocycles. The van der Waals surface area contributed by atoms with E-state index in [9.17, 15) is 193 Å². The van der Waals surface area contributed by atoms with Crippen molar-refractivity contribution in [3.8, 4) is 0 Å². The first-order valence-electron chi connectivity index (χ1n) is 17.9. The summed E-state index contributed by atoms with van der Waals surface area (Å²) in [5, 5.41) is 0. The summed E-state index contributed by atoms with van der Waals surface area (Å²) in [5.74, 6) is -178. The highest BCUT2D eigenvalue weighted by molar-refractivity contribution is 5.20. The number of unbranched alkanes of at least 4 members (excludes halogenated alkanes) is 3. The van der Waals surface area contributed by atoms with E-state index in [1.807, 2.05) is 0 Å². The fraction of sp³-hybridized carbons (Fsp3) is 1.00. The molecule has 0 amide bonds. The zero-order valence-electron chi connectivity index (χ0n) is 34.3. The first-order valence-corrected chi connectivity index (χ1v) is 17.9. The van der Waals surface area contributed by atoms with Crippen LogP contribution in [0.2, 0.25) is 0 Å². The number of hydrogen-bond acceptors (Lipinski definition) is 2. The van der Waals surface area contributed by atoms with Gasteiger partial charge in [0.05, 0.1) is 0 Å². The molecular formula is C30H18F44O2. The predicted molar refractivity (Wildman–Crippen MR) is 151 cm³/mol. The highest BCUT2D eigenvalue weighted by atomic mass is 19.4. The van der Waals surface area contributed by atoms with E-state index in [4.69, 9.17) is 0 Å². The summed E-state index contributed by atoms with van der Waals surface area (Å²) in [6.07, 6.45) is -16.9. The summed E-state index contributed by atoms with van der Waals surface area (Å²) in [4.78, 5) is 0. The maximum absolute atomic E-state index is 14.0. The highest BCUT2D eigenvalue weighted by Gasteiger charge is 3.00. The molecule has 0 aliphatic rings. The lowest BCUT2D eigenvalue weighted by molar-refractivity contribution is -0.472. The quantitative estimate of drug-likeness (QED) is 0.0509. The lowest BCUT2D eigenvalue weighted by atomic mass is 9.85. The fourth-order valence-corrected chi connectivity index (χ4v) is 4.86. The van der Waals surface area contributed by atoms with E-state index < -0.39 is 183 Å². The average Bonchev–Trinajstić information content (AvgIpc) is 3.22. The molecule has 0 fully saturated rings. The Kier molecular flexibility index (Phi) is 19.6. The van der Waals surface area contributed by atoms with Crippen molar-refractivity contribution < 1.29 is 203 Å². The van der Waals surface area contributed by atoms with E-state index >= 15 is 0 Å². The van der Waals surface area contributed by atoms with Gasteiger partial charge < -0.3 is 9.47 Å². The predicted octanol–water partition coefficient (Wildman–Crippen LogP) is 15.8. The molecule has 0 atom stereocenters. The van der Waals surface area contributed by atoms with E-state index in [0.29, 0.717) is 0 Å². The summed E-state index contributed by atoms with van der Waals surface area (Å²) < 4.78 is 604. The minimum atomic E-state index is -9.56. The number of halogens is 44. The van der Waals surface area contributed by atoms with E-state index in [1.165, 1.54) is 0 Å². The van der Waals surface area contributed by atoms with E-state index in [1.54, 1.807) is 0 Å². The minimum absolute atomic E-state index is 0.933. The van der Waals surface area contributed by atoms with Gasteiger partial charge in [0, 0.05) is 13.2 Å². The zero-order valence-corrected chi connectivity index (χ0v) is 34.3. The van der Waals surface area contributed by atoms with Crippen LogP contribution >= 0.6 is 0 Å². The van der Waals surface area contributed by atoms with Crippen LogP contribution in [0.3, 0.4) is 0 Å². The molecule has 76 heavy (non-hydrogen) atoms. The summed E-state index contributed by atoms with van der Waals surface area (Å²) in [6, 6.07) is 0. The largest absolute Gasteiger partial charge is 0.385 e. The van der Waals surface area contributed by atoms with Crippen molar-refractivity contribution >= 4 is 0 Å². The molecule has 0 aromatic rings. The maximum atomic E-state index is 14.0. The van der Waals surface area contributed by atoms with Gasteiger partial charge in [0.2, 0.25) is 0 Å². The van der Waals surface area contributed by atoms with Gasteiger partial charge in [-0.15, -0.1) is 0 Å². The van der Waals surface area contributed by atoms with Gasteiger partial charge in [-0.05, 0) is 12.8 Å². The van der Waals surface area contributed by atoms with Crippen molar-refractivity contribution in [3.63, 3.8) is 0 Å². The topological polar surface area (TPSA) is 18.5 Å². The Morgan fingerprint density at radius 2 is 0.342 bits per heavy atom. The van der Waals surface area contributed by atoms with E-state index in [2.05, 4.69) is 9.47 Å².